The van der Waals surface area contributed by atoms with Crippen molar-refractivity contribution < 1.29 is 9.59 Å². The van der Waals surface area contributed by atoms with Crippen LogP contribution in [0.4, 0.5) is 0 Å². The van der Waals surface area contributed by atoms with Gasteiger partial charge in [0.05, 0.1) is 0 Å². The van der Waals surface area contributed by atoms with Gasteiger partial charge in [-0.3, -0.25) is 14.5 Å². The first-order chi connectivity index (χ1) is 13.5. The summed E-state index contributed by atoms with van der Waals surface area (Å²) in [7, 11) is 0. The molecule has 2 amide bonds. The number of amides is 2. The summed E-state index contributed by atoms with van der Waals surface area (Å²) in [5.74, 6) is 0.485. The minimum Gasteiger partial charge on any atom is -0.339 e. The van der Waals surface area contributed by atoms with E-state index >= 15 is 0 Å². The molecule has 3 aliphatic rings. The number of nitrogens with zero attached hydrogens (tertiary/aromatic N) is 3. The first-order valence-electron chi connectivity index (χ1n) is 10.9. The Bertz CT molecular complexity index is 703. The van der Waals surface area contributed by atoms with Crippen molar-refractivity contribution in [1.82, 2.24) is 14.7 Å². The van der Waals surface area contributed by atoms with E-state index in [-0.39, 0.29) is 11.8 Å². The predicted molar refractivity (Wildman–Crippen MR) is 110 cm³/mol. The van der Waals surface area contributed by atoms with Crippen molar-refractivity contribution in [2.75, 3.05) is 32.7 Å². The number of hydrogen-bond donors (Lipinski definition) is 0. The van der Waals surface area contributed by atoms with Gasteiger partial charge in [-0.25, -0.2) is 0 Å². The van der Waals surface area contributed by atoms with Gasteiger partial charge in [0.1, 0.15) is 0 Å². The molecule has 4 rings (SSSR count). The molecule has 0 saturated carbocycles. The molecule has 3 saturated heterocycles. The van der Waals surface area contributed by atoms with Crippen molar-refractivity contribution in [1.29, 1.82) is 0 Å². The van der Waals surface area contributed by atoms with E-state index in [1.807, 2.05) is 41.0 Å². The maximum Gasteiger partial charge on any atom is 0.253 e. The van der Waals surface area contributed by atoms with E-state index in [9.17, 15) is 9.59 Å². The van der Waals surface area contributed by atoms with Crippen LogP contribution in [0.15, 0.2) is 24.3 Å². The third kappa shape index (κ3) is 3.95. The molecule has 152 valence electrons. The highest BCUT2D eigenvalue weighted by atomic mass is 16.2. The Morgan fingerprint density at radius 3 is 2.21 bits per heavy atom. The van der Waals surface area contributed by atoms with Crippen molar-refractivity contribution in [3.63, 3.8) is 0 Å². The lowest BCUT2D eigenvalue weighted by Gasteiger charge is -2.50. The highest BCUT2D eigenvalue weighted by molar-refractivity contribution is 5.94. The van der Waals surface area contributed by atoms with E-state index < -0.39 is 0 Å². The fourth-order valence-corrected chi connectivity index (χ4v) is 4.97. The van der Waals surface area contributed by atoms with E-state index in [1.165, 1.54) is 25.8 Å². The van der Waals surface area contributed by atoms with Gasteiger partial charge in [-0.05, 0) is 58.2 Å². The lowest BCUT2D eigenvalue weighted by Crippen LogP contribution is -2.64. The van der Waals surface area contributed by atoms with Gasteiger partial charge in [0, 0.05) is 49.7 Å². The second-order valence-electron chi connectivity index (χ2n) is 8.91. The number of carbonyl (C=O) groups excluding carboxylic acids is 2. The van der Waals surface area contributed by atoms with Gasteiger partial charge >= 0.3 is 0 Å². The molecule has 0 aliphatic carbocycles. The summed E-state index contributed by atoms with van der Waals surface area (Å²) in [5, 5.41) is 0. The molecule has 1 aromatic carbocycles. The summed E-state index contributed by atoms with van der Waals surface area (Å²) >= 11 is 0. The number of benzene rings is 1. The van der Waals surface area contributed by atoms with Crippen molar-refractivity contribution in [3.05, 3.63) is 35.4 Å². The molecule has 0 aromatic heterocycles. The Kier molecular flexibility index (Phi) is 5.72. The van der Waals surface area contributed by atoms with Gasteiger partial charge in [0.25, 0.3) is 5.91 Å². The van der Waals surface area contributed by atoms with Crippen molar-refractivity contribution in [2.45, 2.75) is 58.0 Å². The minimum atomic E-state index is 0.0850. The number of carbonyl (C=O) groups is 2. The van der Waals surface area contributed by atoms with Gasteiger partial charge in [0.2, 0.25) is 5.91 Å². The first kappa shape index (κ1) is 19.4. The molecule has 0 spiro atoms. The molecule has 1 atom stereocenters. The SMILES string of the molecule is Cc1ccc(C(=O)N2CCC(C(=O)N3CC(N4CCCCC4C)C3)CC2)cc1. The topological polar surface area (TPSA) is 43.9 Å². The number of aryl methyl sites for hydroxylation is 1. The summed E-state index contributed by atoms with van der Waals surface area (Å²) < 4.78 is 0. The lowest BCUT2D eigenvalue weighted by atomic mass is 9.91. The molecular weight excluding hydrogens is 350 g/mol. The number of hydrogen-bond acceptors (Lipinski definition) is 3. The highest BCUT2D eigenvalue weighted by Gasteiger charge is 2.40. The Labute approximate surface area is 168 Å². The zero-order chi connectivity index (χ0) is 19.7. The minimum absolute atomic E-state index is 0.0850. The number of rotatable bonds is 3. The van der Waals surface area contributed by atoms with Crippen LogP contribution in [0.25, 0.3) is 0 Å². The van der Waals surface area contributed by atoms with Crippen LogP contribution < -0.4 is 0 Å². The predicted octanol–water partition coefficient (Wildman–Crippen LogP) is 2.93. The Balaban J connectivity index is 1.24. The van der Waals surface area contributed by atoms with Crippen LogP contribution in [-0.4, -0.2) is 71.3 Å². The third-order valence-electron chi connectivity index (χ3n) is 6.93. The van der Waals surface area contributed by atoms with Gasteiger partial charge in [-0.1, -0.05) is 24.1 Å². The number of piperidine rings is 2. The molecule has 1 unspecified atom stereocenters. The van der Waals surface area contributed by atoms with Gasteiger partial charge in [-0.2, -0.15) is 0 Å². The third-order valence-corrected chi connectivity index (χ3v) is 6.93. The zero-order valence-corrected chi connectivity index (χ0v) is 17.3. The summed E-state index contributed by atoms with van der Waals surface area (Å²) in [5.41, 5.74) is 1.91. The molecule has 1 aromatic rings. The van der Waals surface area contributed by atoms with Crippen LogP contribution in [0, 0.1) is 12.8 Å². The second kappa shape index (κ2) is 8.24. The fourth-order valence-electron chi connectivity index (χ4n) is 4.97. The van der Waals surface area contributed by atoms with E-state index in [1.54, 1.807) is 0 Å². The average Bonchev–Trinajstić information content (AvgIpc) is 2.68. The molecule has 3 fully saturated rings. The number of likely N-dealkylation sites (tertiary alicyclic amines) is 3. The van der Waals surface area contributed by atoms with Crippen LogP contribution in [0.3, 0.4) is 0 Å². The average molecular weight is 384 g/mol. The Hall–Kier alpha value is -1.88. The zero-order valence-electron chi connectivity index (χ0n) is 17.3. The highest BCUT2D eigenvalue weighted by Crippen LogP contribution is 2.28. The van der Waals surface area contributed by atoms with Crippen LogP contribution in [-0.2, 0) is 4.79 Å². The van der Waals surface area contributed by atoms with Gasteiger partial charge in [0.15, 0.2) is 0 Å². The summed E-state index contributed by atoms with van der Waals surface area (Å²) in [4.78, 5) is 32.1. The normalized spacial score (nSPS) is 24.9. The molecule has 3 heterocycles. The molecular formula is C23H33N3O2. The molecule has 3 aliphatic heterocycles. The van der Waals surface area contributed by atoms with Crippen LogP contribution in [0.5, 0.6) is 0 Å². The van der Waals surface area contributed by atoms with Gasteiger partial charge in [-0.15, -0.1) is 0 Å². The van der Waals surface area contributed by atoms with Crippen molar-refractivity contribution in [3.8, 4) is 0 Å². The smallest absolute Gasteiger partial charge is 0.253 e. The van der Waals surface area contributed by atoms with Crippen molar-refractivity contribution in [2.24, 2.45) is 5.92 Å². The maximum atomic E-state index is 12.9. The fraction of sp³-hybridized carbons (Fsp3) is 0.652. The molecule has 5 heteroatoms. The molecule has 0 radical (unpaired) electrons. The van der Waals surface area contributed by atoms with Crippen LogP contribution in [0.2, 0.25) is 0 Å². The molecule has 0 bridgehead atoms. The summed E-state index contributed by atoms with van der Waals surface area (Å²) in [6.45, 7) is 8.69. The standard InChI is InChI=1S/C23H33N3O2/c1-17-6-8-19(9-7-17)22(27)24-13-10-20(11-14-24)23(28)25-15-21(16-25)26-12-4-3-5-18(26)2/h6-9,18,20-21H,3-5,10-16H2,1-2H3. The first-order valence-corrected chi connectivity index (χ1v) is 10.9. The van der Waals surface area contributed by atoms with Crippen LogP contribution >= 0.6 is 0 Å². The molecule has 0 N–H and O–H groups in total. The van der Waals surface area contributed by atoms with E-state index in [0.29, 0.717) is 31.1 Å². The summed E-state index contributed by atoms with van der Waals surface area (Å²) in [6, 6.07) is 8.97. The second-order valence-corrected chi connectivity index (χ2v) is 8.91. The van der Waals surface area contributed by atoms with E-state index in [4.69, 9.17) is 0 Å². The van der Waals surface area contributed by atoms with Crippen LogP contribution in [0.1, 0.15) is 54.9 Å². The Morgan fingerprint density at radius 1 is 0.893 bits per heavy atom. The van der Waals surface area contributed by atoms with E-state index in [2.05, 4.69) is 11.8 Å². The quantitative estimate of drug-likeness (QED) is 0.806. The maximum absolute atomic E-state index is 12.9. The molecule has 28 heavy (non-hydrogen) atoms. The monoisotopic (exact) mass is 383 g/mol. The molecule has 5 nitrogen and oxygen atoms in total. The van der Waals surface area contributed by atoms with Crippen molar-refractivity contribution >= 4 is 11.8 Å². The van der Waals surface area contributed by atoms with Gasteiger partial charge < -0.3 is 9.80 Å². The Morgan fingerprint density at radius 2 is 1.57 bits per heavy atom. The summed E-state index contributed by atoms with van der Waals surface area (Å²) in [6.07, 6.45) is 5.50. The lowest BCUT2D eigenvalue weighted by molar-refractivity contribution is -0.145. The van der Waals surface area contributed by atoms with E-state index in [0.717, 1.165) is 37.1 Å². The largest absolute Gasteiger partial charge is 0.339 e.